The Bertz CT molecular complexity index is 1090. The van der Waals surface area contributed by atoms with Crippen molar-refractivity contribution in [2.75, 3.05) is 37.6 Å². The zero-order chi connectivity index (χ0) is 22.7. The van der Waals surface area contributed by atoms with E-state index >= 15 is 0 Å². The Balaban J connectivity index is 1.27. The highest BCUT2D eigenvalue weighted by Gasteiger charge is 2.35. The topological polar surface area (TPSA) is 59.6 Å². The maximum Gasteiger partial charge on any atom is 0.418 e. The van der Waals surface area contributed by atoms with E-state index in [2.05, 4.69) is 9.88 Å². The highest BCUT2D eigenvalue weighted by Crippen LogP contribution is 2.36. The summed E-state index contributed by atoms with van der Waals surface area (Å²) in [4.78, 5) is 18.5. The predicted octanol–water partition coefficient (Wildman–Crippen LogP) is 5.03. The van der Waals surface area contributed by atoms with Gasteiger partial charge in [-0.2, -0.15) is 13.2 Å². The van der Waals surface area contributed by atoms with Gasteiger partial charge in [-0.15, -0.1) is 0 Å². The number of aromatic amines is 1. The number of carboxylic acids is 1. The molecule has 0 atom stereocenters. The van der Waals surface area contributed by atoms with E-state index in [1.807, 2.05) is 11.1 Å². The van der Waals surface area contributed by atoms with Crippen molar-refractivity contribution < 1.29 is 23.1 Å². The third-order valence-corrected chi connectivity index (χ3v) is 6.11. The van der Waals surface area contributed by atoms with Crippen molar-refractivity contribution in [2.24, 2.45) is 0 Å². The highest BCUT2D eigenvalue weighted by molar-refractivity contribution is 5.94. The van der Waals surface area contributed by atoms with Crippen LogP contribution in [-0.4, -0.2) is 53.7 Å². The van der Waals surface area contributed by atoms with Crippen molar-refractivity contribution in [1.82, 2.24) is 9.88 Å². The second-order valence-electron chi connectivity index (χ2n) is 8.18. The van der Waals surface area contributed by atoms with E-state index in [4.69, 9.17) is 0 Å². The highest BCUT2D eigenvalue weighted by atomic mass is 19.4. The number of halogens is 3. The van der Waals surface area contributed by atoms with Gasteiger partial charge < -0.3 is 15.0 Å². The molecule has 4 rings (SSSR count). The summed E-state index contributed by atoms with van der Waals surface area (Å²) in [5.74, 6) is -0.934. The second kappa shape index (κ2) is 9.24. The third kappa shape index (κ3) is 4.91. The molecule has 0 bridgehead atoms. The normalized spacial score (nSPS) is 15.4. The average molecular weight is 445 g/mol. The zero-order valence-electron chi connectivity index (χ0n) is 17.7. The summed E-state index contributed by atoms with van der Waals surface area (Å²) in [5.41, 5.74) is 2.01. The van der Waals surface area contributed by atoms with Crippen LogP contribution in [0, 0.1) is 0 Å². The number of fused-ring (bicyclic) bond motifs is 1. The van der Waals surface area contributed by atoms with Crippen molar-refractivity contribution in [1.29, 1.82) is 0 Å². The second-order valence-corrected chi connectivity index (χ2v) is 8.18. The molecule has 8 heteroatoms. The fourth-order valence-electron chi connectivity index (χ4n) is 4.37. The van der Waals surface area contributed by atoms with Gasteiger partial charge in [-0.3, -0.25) is 4.90 Å². The van der Waals surface area contributed by atoms with Crippen molar-refractivity contribution in [2.45, 2.75) is 25.4 Å². The Hall–Kier alpha value is -3.00. The van der Waals surface area contributed by atoms with E-state index in [-0.39, 0.29) is 11.3 Å². The van der Waals surface area contributed by atoms with Crippen LogP contribution in [0.3, 0.4) is 0 Å². The van der Waals surface area contributed by atoms with Crippen LogP contribution in [0.5, 0.6) is 0 Å². The van der Waals surface area contributed by atoms with Crippen LogP contribution in [-0.2, 0) is 12.6 Å². The minimum atomic E-state index is -4.35. The van der Waals surface area contributed by atoms with Crippen molar-refractivity contribution in [3.05, 3.63) is 65.4 Å². The van der Waals surface area contributed by atoms with Crippen LogP contribution in [0.25, 0.3) is 10.9 Å². The molecule has 0 spiro atoms. The first-order valence-electron chi connectivity index (χ1n) is 10.8. The van der Waals surface area contributed by atoms with Crippen molar-refractivity contribution in [3.63, 3.8) is 0 Å². The number of alkyl halides is 3. The number of carbonyl (C=O) groups is 1. The smallest absolute Gasteiger partial charge is 0.418 e. The Morgan fingerprint density at radius 3 is 2.50 bits per heavy atom. The molecule has 32 heavy (non-hydrogen) atoms. The Morgan fingerprint density at radius 1 is 1.03 bits per heavy atom. The Labute approximate surface area is 184 Å². The van der Waals surface area contributed by atoms with Gasteiger partial charge >= 0.3 is 12.1 Å². The number of aryl methyl sites for hydroxylation is 1. The molecule has 2 aromatic carbocycles. The Kier molecular flexibility index (Phi) is 6.41. The summed E-state index contributed by atoms with van der Waals surface area (Å²) < 4.78 is 39.9. The summed E-state index contributed by atoms with van der Waals surface area (Å²) in [6.45, 7) is 3.53. The number of benzene rings is 2. The molecule has 0 amide bonds. The SMILES string of the molecule is O=C(O)c1ccc2[nH]cc(CCCCN3CCN(c4ccccc4C(F)(F)F)CC3)c2c1. The third-order valence-electron chi connectivity index (χ3n) is 6.11. The van der Waals surface area contributed by atoms with E-state index in [1.165, 1.54) is 6.07 Å². The fourth-order valence-corrected chi connectivity index (χ4v) is 4.37. The number of unbranched alkanes of at least 4 members (excludes halogenated alkanes) is 1. The first-order valence-corrected chi connectivity index (χ1v) is 10.8. The van der Waals surface area contributed by atoms with Gasteiger partial charge in [-0.1, -0.05) is 12.1 Å². The molecule has 170 valence electrons. The summed E-state index contributed by atoms with van der Waals surface area (Å²) in [5, 5.41) is 10.1. The molecule has 0 unspecified atom stereocenters. The van der Waals surface area contributed by atoms with Crippen LogP contribution in [0.2, 0.25) is 0 Å². The van der Waals surface area contributed by atoms with Gasteiger partial charge in [0.25, 0.3) is 0 Å². The minimum absolute atomic E-state index is 0.264. The van der Waals surface area contributed by atoms with Gasteiger partial charge in [0, 0.05) is 49.0 Å². The molecular weight excluding hydrogens is 419 g/mol. The van der Waals surface area contributed by atoms with Crippen LogP contribution in [0.15, 0.2) is 48.7 Å². The molecule has 0 aliphatic carbocycles. The van der Waals surface area contributed by atoms with E-state index in [0.29, 0.717) is 13.1 Å². The standard InChI is InChI=1S/C24H26F3N3O2/c25-24(26,27)20-6-1-2-7-22(20)30-13-11-29(12-14-30)10-4-3-5-18-16-28-21-9-8-17(23(31)32)15-19(18)21/h1-2,6-9,15-16,28H,3-5,10-14H2,(H,31,32). The molecule has 1 saturated heterocycles. The number of H-pyrrole nitrogens is 1. The maximum absolute atomic E-state index is 13.3. The summed E-state index contributed by atoms with van der Waals surface area (Å²) >= 11 is 0. The molecular formula is C24H26F3N3O2. The Morgan fingerprint density at radius 2 is 1.78 bits per heavy atom. The minimum Gasteiger partial charge on any atom is -0.478 e. The number of aromatic carboxylic acids is 1. The first kappa shape index (κ1) is 22.2. The fraction of sp³-hybridized carbons (Fsp3) is 0.375. The largest absolute Gasteiger partial charge is 0.478 e. The van der Waals surface area contributed by atoms with Crippen LogP contribution < -0.4 is 4.90 Å². The quantitative estimate of drug-likeness (QED) is 0.501. The molecule has 5 nitrogen and oxygen atoms in total. The van der Waals surface area contributed by atoms with Gasteiger partial charge in [0.05, 0.1) is 11.1 Å². The molecule has 1 fully saturated rings. The lowest BCUT2D eigenvalue weighted by Crippen LogP contribution is -2.47. The van der Waals surface area contributed by atoms with Crippen LogP contribution >= 0.6 is 0 Å². The lowest BCUT2D eigenvalue weighted by Gasteiger charge is -2.37. The molecule has 1 aliphatic heterocycles. The first-order chi connectivity index (χ1) is 15.3. The van der Waals surface area contributed by atoms with Crippen LogP contribution in [0.1, 0.15) is 34.3 Å². The number of aromatic nitrogens is 1. The van der Waals surface area contributed by atoms with Gasteiger partial charge in [0.2, 0.25) is 0 Å². The van der Waals surface area contributed by atoms with E-state index in [9.17, 15) is 23.1 Å². The number of carboxylic acid groups (broad SMARTS) is 1. The van der Waals surface area contributed by atoms with Gasteiger partial charge in [0.15, 0.2) is 0 Å². The number of para-hydroxylation sites is 1. The van der Waals surface area contributed by atoms with Crippen molar-refractivity contribution in [3.8, 4) is 0 Å². The lowest BCUT2D eigenvalue weighted by molar-refractivity contribution is -0.137. The maximum atomic E-state index is 13.3. The van der Waals surface area contributed by atoms with Gasteiger partial charge in [0.1, 0.15) is 0 Å². The van der Waals surface area contributed by atoms with E-state index in [0.717, 1.165) is 61.4 Å². The number of hydrogen-bond donors (Lipinski definition) is 2. The summed E-state index contributed by atoms with van der Waals surface area (Å²) in [7, 11) is 0. The number of rotatable bonds is 7. The average Bonchev–Trinajstić information content (AvgIpc) is 3.19. The van der Waals surface area contributed by atoms with E-state index < -0.39 is 17.7 Å². The monoisotopic (exact) mass is 445 g/mol. The van der Waals surface area contributed by atoms with E-state index in [1.54, 1.807) is 30.3 Å². The number of nitrogens with one attached hydrogen (secondary N) is 1. The van der Waals surface area contributed by atoms with Gasteiger partial charge in [-0.25, -0.2) is 4.79 Å². The molecule has 1 aliphatic rings. The van der Waals surface area contributed by atoms with Gasteiger partial charge in [-0.05, 0) is 61.7 Å². The molecule has 3 aromatic rings. The lowest BCUT2D eigenvalue weighted by atomic mass is 10.0. The molecule has 2 heterocycles. The number of piperazine rings is 1. The molecule has 0 saturated carbocycles. The molecule has 2 N–H and O–H groups in total. The molecule has 1 aromatic heterocycles. The summed E-state index contributed by atoms with van der Waals surface area (Å²) in [6.07, 6.45) is 0.377. The number of nitrogens with zero attached hydrogens (tertiary/aromatic N) is 2. The van der Waals surface area contributed by atoms with Crippen LogP contribution in [0.4, 0.5) is 18.9 Å². The summed E-state index contributed by atoms with van der Waals surface area (Å²) in [6, 6.07) is 10.9. The zero-order valence-corrected chi connectivity index (χ0v) is 17.7. The molecule has 0 radical (unpaired) electrons. The predicted molar refractivity (Wildman–Crippen MR) is 118 cm³/mol. The van der Waals surface area contributed by atoms with Crippen molar-refractivity contribution >= 4 is 22.6 Å². The number of anilines is 1. The number of hydrogen-bond acceptors (Lipinski definition) is 3.